The maximum atomic E-state index is 13.3. The van der Waals surface area contributed by atoms with Crippen molar-refractivity contribution in [2.75, 3.05) is 13.7 Å². The average Bonchev–Trinajstić information content (AvgIpc) is 3.13. The first-order valence-corrected chi connectivity index (χ1v) is 8.24. The summed E-state index contributed by atoms with van der Waals surface area (Å²) in [4.78, 5) is 16.7. The van der Waals surface area contributed by atoms with Crippen LogP contribution in [0.1, 0.15) is 22.8 Å². The van der Waals surface area contributed by atoms with Crippen LogP contribution in [0.15, 0.2) is 12.2 Å². The topological polar surface area (TPSA) is 59.7 Å². The molecule has 3 rings (SSSR count). The molecule has 0 radical (unpaired) electrons. The van der Waals surface area contributed by atoms with E-state index in [1.165, 1.54) is 7.11 Å². The van der Waals surface area contributed by atoms with Gasteiger partial charge in [0.1, 0.15) is 5.01 Å². The number of carbonyl (C=O) groups is 1. The largest absolute Gasteiger partial charge is 0.435 e. The number of rotatable bonds is 5. The Bertz CT molecular complexity index is 855. The van der Waals surface area contributed by atoms with E-state index in [9.17, 15) is 26.7 Å². The molecule has 3 heterocycles. The second-order valence-corrected chi connectivity index (χ2v) is 6.76. The van der Waals surface area contributed by atoms with Gasteiger partial charge in [-0.05, 0) is 6.08 Å². The van der Waals surface area contributed by atoms with E-state index >= 15 is 0 Å². The lowest BCUT2D eigenvalue weighted by Crippen LogP contribution is -2.27. The van der Waals surface area contributed by atoms with Gasteiger partial charge in [0.2, 0.25) is 10.9 Å². The SMILES string of the molecule is COCc1nn2c(CN3CC(C=C(F)F)CC3=O)c(C(F)(F)F)nc2s1. The molecular formula is C14H13F5N4O2S. The van der Waals surface area contributed by atoms with Gasteiger partial charge in [0, 0.05) is 26.0 Å². The van der Waals surface area contributed by atoms with Crippen molar-refractivity contribution in [2.24, 2.45) is 5.92 Å². The minimum absolute atomic E-state index is 0.0252. The number of alkyl halides is 3. The summed E-state index contributed by atoms with van der Waals surface area (Å²) in [6.45, 7) is -0.390. The number of hydrogen-bond acceptors (Lipinski definition) is 5. The Labute approximate surface area is 147 Å². The molecule has 0 bridgehead atoms. The molecule has 142 valence electrons. The number of aromatic nitrogens is 3. The van der Waals surface area contributed by atoms with Gasteiger partial charge in [-0.3, -0.25) is 4.79 Å². The summed E-state index contributed by atoms with van der Waals surface area (Å²) in [5, 5.41) is 4.48. The first-order valence-electron chi connectivity index (χ1n) is 7.43. The summed E-state index contributed by atoms with van der Waals surface area (Å²) in [6, 6.07) is 0. The number of carbonyl (C=O) groups excluding carboxylic acids is 1. The third-order valence-electron chi connectivity index (χ3n) is 3.82. The van der Waals surface area contributed by atoms with Crippen molar-refractivity contribution in [3.63, 3.8) is 0 Å². The molecule has 1 aliphatic heterocycles. The van der Waals surface area contributed by atoms with Gasteiger partial charge in [-0.1, -0.05) is 11.3 Å². The van der Waals surface area contributed by atoms with Crippen LogP contribution >= 0.6 is 11.3 Å². The van der Waals surface area contributed by atoms with Gasteiger partial charge in [-0.15, -0.1) is 0 Å². The molecule has 0 N–H and O–H groups in total. The van der Waals surface area contributed by atoms with E-state index in [2.05, 4.69) is 10.1 Å². The Balaban J connectivity index is 1.94. The molecule has 0 spiro atoms. The second kappa shape index (κ2) is 6.91. The molecule has 1 atom stereocenters. The van der Waals surface area contributed by atoms with Crippen LogP contribution in [-0.2, 0) is 28.9 Å². The number of imidazole rings is 1. The van der Waals surface area contributed by atoms with E-state index in [-0.39, 0.29) is 30.2 Å². The molecule has 1 saturated heterocycles. The number of halogens is 5. The summed E-state index contributed by atoms with van der Waals surface area (Å²) >= 11 is 0.944. The zero-order valence-electron chi connectivity index (χ0n) is 13.4. The summed E-state index contributed by atoms with van der Waals surface area (Å²) in [6.07, 6.45) is -6.17. The van der Waals surface area contributed by atoms with Gasteiger partial charge in [-0.25, -0.2) is 9.50 Å². The highest BCUT2D eigenvalue weighted by Crippen LogP contribution is 2.34. The van der Waals surface area contributed by atoms with Gasteiger partial charge in [0.25, 0.3) is 6.08 Å². The molecule has 1 fully saturated rings. The maximum absolute atomic E-state index is 13.3. The van der Waals surface area contributed by atoms with Gasteiger partial charge in [0.15, 0.2) is 5.69 Å². The monoisotopic (exact) mass is 396 g/mol. The molecule has 12 heteroatoms. The zero-order chi connectivity index (χ0) is 19.1. The number of ether oxygens (including phenoxy) is 1. The minimum Gasteiger partial charge on any atom is -0.377 e. The standard InChI is InChI=1S/C14H13F5N4O2S/c1-25-6-10-21-23-8(12(14(17,18)19)20-13(23)26-10)5-22-4-7(2-9(15)16)3-11(22)24/h2,7H,3-6H2,1H3. The predicted octanol–water partition coefficient (Wildman–Crippen LogP) is 3.08. The molecule has 0 aliphatic carbocycles. The smallest absolute Gasteiger partial charge is 0.377 e. The molecule has 26 heavy (non-hydrogen) atoms. The fourth-order valence-electron chi connectivity index (χ4n) is 2.81. The molecule has 1 unspecified atom stereocenters. The number of hydrogen-bond donors (Lipinski definition) is 0. The zero-order valence-corrected chi connectivity index (χ0v) is 14.2. The Kier molecular flexibility index (Phi) is 4.97. The van der Waals surface area contributed by atoms with Crippen molar-refractivity contribution >= 4 is 22.2 Å². The lowest BCUT2D eigenvalue weighted by molar-refractivity contribution is -0.142. The molecule has 1 aliphatic rings. The van der Waals surface area contributed by atoms with E-state index in [4.69, 9.17) is 4.74 Å². The maximum Gasteiger partial charge on any atom is 0.435 e. The highest BCUT2D eigenvalue weighted by Gasteiger charge is 2.40. The number of likely N-dealkylation sites (tertiary alicyclic amines) is 1. The van der Waals surface area contributed by atoms with Crippen LogP contribution < -0.4 is 0 Å². The Morgan fingerprint density at radius 1 is 1.42 bits per heavy atom. The molecular weight excluding hydrogens is 383 g/mol. The fourth-order valence-corrected chi connectivity index (χ4v) is 3.69. The Hall–Kier alpha value is -2.08. The second-order valence-electron chi connectivity index (χ2n) is 5.72. The van der Waals surface area contributed by atoms with Crippen molar-refractivity contribution in [1.29, 1.82) is 0 Å². The summed E-state index contributed by atoms with van der Waals surface area (Å²) in [5.74, 6) is -1.23. The van der Waals surface area contributed by atoms with Crippen molar-refractivity contribution in [3.05, 3.63) is 28.6 Å². The molecule has 2 aromatic heterocycles. The normalized spacial score (nSPS) is 18.2. The van der Waals surface area contributed by atoms with Gasteiger partial charge in [-0.2, -0.15) is 27.1 Å². The first kappa shape index (κ1) is 18.7. The van der Waals surface area contributed by atoms with Crippen LogP contribution in [0.5, 0.6) is 0 Å². The van der Waals surface area contributed by atoms with E-state index < -0.39 is 36.3 Å². The minimum atomic E-state index is -4.72. The molecule has 6 nitrogen and oxygen atoms in total. The van der Waals surface area contributed by atoms with Crippen LogP contribution in [0.2, 0.25) is 0 Å². The van der Waals surface area contributed by atoms with Crippen LogP contribution in [-0.4, -0.2) is 39.1 Å². The van der Waals surface area contributed by atoms with Crippen molar-refractivity contribution < 1.29 is 31.5 Å². The van der Waals surface area contributed by atoms with Crippen LogP contribution in [0.3, 0.4) is 0 Å². The van der Waals surface area contributed by atoms with Crippen LogP contribution in [0.25, 0.3) is 4.96 Å². The Morgan fingerprint density at radius 3 is 2.77 bits per heavy atom. The molecule has 1 amide bonds. The Morgan fingerprint density at radius 2 is 2.15 bits per heavy atom. The first-order chi connectivity index (χ1) is 12.2. The number of amides is 1. The fraction of sp³-hybridized carbons (Fsp3) is 0.500. The molecule has 0 aromatic carbocycles. The highest BCUT2D eigenvalue weighted by molar-refractivity contribution is 7.16. The number of nitrogens with zero attached hydrogens (tertiary/aromatic N) is 4. The van der Waals surface area contributed by atoms with Gasteiger partial charge >= 0.3 is 6.18 Å². The third kappa shape index (κ3) is 3.70. The van der Waals surface area contributed by atoms with Crippen LogP contribution in [0, 0.1) is 5.92 Å². The predicted molar refractivity (Wildman–Crippen MR) is 80.4 cm³/mol. The van der Waals surface area contributed by atoms with E-state index in [0.717, 1.165) is 20.8 Å². The lowest BCUT2D eigenvalue weighted by Gasteiger charge is -2.16. The average molecular weight is 396 g/mol. The molecule has 0 saturated carbocycles. The van der Waals surface area contributed by atoms with Crippen molar-refractivity contribution in [3.8, 4) is 0 Å². The quantitative estimate of drug-likeness (QED) is 0.729. The third-order valence-corrected chi connectivity index (χ3v) is 4.70. The van der Waals surface area contributed by atoms with Crippen LogP contribution in [0.4, 0.5) is 22.0 Å². The number of fused-ring (bicyclic) bond motifs is 1. The van der Waals surface area contributed by atoms with Gasteiger partial charge in [0.05, 0.1) is 18.8 Å². The summed E-state index contributed by atoms with van der Waals surface area (Å²) < 4.78 is 70.6. The van der Waals surface area contributed by atoms with Gasteiger partial charge < -0.3 is 9.64 Å². The van der Waals surface area contributed by atoms with E-state index in [0.29, 0.717) is 11.1 Å². The highest BCUT2D eigenvalue weighted by atomic mass is 32.1. The van der Waals surface area contributed by atoms with E-state index in [1.807, 2.05) is 0 Å². The molecule has 2 aromatic rings. The van der Waals surface area contributed by atoms with E-state index in [1.54, 1.807) is 0 Å². The summed E-state index contributed by atoms with van der Waals surface area (Å²) in [5.41, 5.74) is -1.44. The number of methoxy groups -OCH3 is 1. The lowest BCUT2D eigenvalue weighted by atomic mass is 10.1. The van der Waals surface area contributed by atoms with Crippen molar-refractivity contribution in [2.45, 2.75) is 25.7 Å². The van der Waals surface area contributed by atoms with Crippen molar-refractivity contribution in [1.82, 2.24) is 19.5 Å². The summed E-state index contributed by atoms with van der Waals surface area (Å²) in [7, 11) is 1.42.